The van der Waals surface area contributed by atoms with Crippen LogP contribution < -0.4 is 10.2 Å². The molecule has 1 atom stereocenters. The molecule has 0 fully saturated rings. The Morgan fingerprint density at radius 2 is 2.23 bits per heavy atom. The molecule has 4 nitrogen and oxygen atoms in total. The van der Waals surface area contributed by atoms with Crippen LogP contribution in [0, 0.1) is 0 Å². The minimum Gasteiger partial charge on any atom is -0.386 e. The van der Waals surface area contributed by atoms with Crippen molar-refractivity contribution in [3.8, 4) is 0 Å². The number of rotatable bonds is 3. The van der Waals surface area contributed by atoms with Gasteiger partial charge in [0.05, 0.1) is 4.34 Å². The molecule has 0 aliphatic carbocycles. The van der Waals surface area contributed by atoms with Gasteiger partial charge in [0.2, 0.25) is 0 Å². The van der Waals surface area contributed by atoms with E-state index in [1.807, 2.05) is 12.1 Å². The first-order valence-corrected chi connectivity index (χ1v) is 8.38. The zero-order valence-corrected chi connectivity index (χ0v) is 13.9. The average Bonchev–Trinajstić information content (AvgIpc) is 3.15. The number of hydrogen-bond acceptors (Lipinski definition) is 3. The standard InChI is InChI=1S/C16H18ClN3OS/c1-18-16(19-10-13(21)14-6-7-15(17)22-14)20-9-8-11-4-2-3-5-12(11)20/h2-7,13,21H,8-10H2,1H3,(H,18,19). The largest absolute Gasteiger partial charge is 0.386 e. The first-order valence-electron chi connectivity index (χ1n) is 7.18. The Morgan fingerprint density at radius 1 is 1.41 bits per heavy atom. The number of anilines is 1. The maximum atomic E-state index is 10.2. The molecule has 22 heavy (non-hydrogen) atoms. The fourth-order valence-corrected chi connectivity index (χ4v) is 3.70. The topological polar surface area (TPSA) is 47.9 Å². The van der Waals surface area contributed by atoms with Gasteiger partial charge in [-0.05, 0) is 30.2 Å². The summed E-state index contributed by atoms with van der Waals surface area (Å²) in [5.74, 6) is 0.784. The molecule has 0 saturated carbocycles. The first-order chi connectivity index (χ1) is 10.7. The van der Waals surface area contributed by atoms with E-state index < -0.39 is 6.10 Å². The van der Waals surface area contributed by atoms with Crippen LogP contribution in [0.3, 0.4) is 0 Å². The molecule has 3 rings (SSSR count). The summed E-state index contributed by atoms with van der Waals surface area (Å²) in [6.07, 6.45) is 0.423. The number of benzene rings is 1. The summed E-state index contributed by atoms with van der Waals surface area (Å²) in [6, 6.07) is 12.0. The lowest BCUT2D eigenvalue weighted by Crippen LogP contribution is -2.42. The zero-order valence-electron chi connectivity index (χ0n) is 12.3. The van der Waals surface area contributed by atoms with Gasteiger partial charge in [0.15, 0.2) is 5.96 Å². The summed E-state index contributed by atoms with van der Waals surface area (Å²) >= 11 is 7.31. The quantitative estimate of drug-likeness (QED) is 0.669. The van der Waals surface area contributed by atoms with E-state index in [1.165, 1.54) is 22.6 Å². The van der Waals surface area contributed by atoms with Crippen molar-refractivity contribution in [3.05, 3.63) is 51.2 Å². The second-order valence-electron chi connectivity index (χ2n) is 5.12. The predicted octanol–water partition coefficient (Wildman–Crippen LogP) is 3.07. The highest BCUT2D eigenvalue weighted by Gasteiger charge is 2.23. The Bertz CT molecular complexity index is 686. The number of fused-ring (bicyclic) bond motifs is 1. The van der Waals surface area contributed by atoms with E-state index in [4.69, 9.17) is 11.6 Å². The molecule has 2 heterocycles. The lowest BCUT2D eigenvalue weighted by atomic mass is 10.2. The fourth-order valence-electron chi connectivity index (χ4n) is 2.65. The first kappa shape index (κ1) is 15.3. The van der Waals surface area contributed by atoms with Crippen molar-refractivity contribution in [3.63, 3.8) is 0 Å². The van der Waals surface area contributed by atoms with E-state index in [2.05, 4.69) is 33.4 Å². The van der Waals surface area contributed by atoms with Crippen LogP contribution in [-0.4, -0.2) is 31.2 Å². The number of nitrogens with zero attached hydrogens (tertiary/aromatic N) is 2. The Kier molecular flexibility index (Phi) is 4.66. The SMILES string of the molecule is CN=C(NCC(O)c1ccc(Cl)s1)N1CCc2ccccc21. The number of halogens is 1. The number of thiophene rings is 1. The van der Waals surface area contributed by atoms with Crippen LogP contribution in [0.1, 0.15) is 16.5 Å². The normalized spacial score (nSPS) is 15.8. The molecule has 0 saturated heterocycles. The second-order valence-corrected chi connectivity index (χ2v) is 6.86. The summed E-state index contributed by atoms with van der Waals surface area (Å²) in [5.41, 5.74) is 2.51. The van der Waals surface area contributed by atoms with Gasteiger partial charge < -0.3 is 15.3 Å². The van der Waals surface area contributed by atoms with E-state index in [-0.39, 0.29) is 0 Å². The number of para-hydroxylation sites is 1. The molecular weight excluding hydrogens is 318 g/mol. The van der Waals surface area contributed by atoms with Crippen LogP contribution in [0.15, 0.2) is 41.4 Å². The molecule has 2 aromatic rings. The highest BCUT2D eigenvalue weighted by Crippen LogP contribution is 2.28. The van der Waals surface area contributed by atoms with Crippen LogP contribution in [-0.2, 0) is 6.42 Å². The van der Waals surface area contributed by atoms with Gasteiger partial charge in [-0.25, -0.2) is 0 Å². The number of aliphatic hydroxyl groups excluding tert-OH is 1. The van der Waals surface area contributed by atoms with Gasteiger partial charge in [-0.15, -0.1) is 11.3 Å². The fraction of sp³-hybridized carbons (Fsp3) is 0.312. The molecule has 1 aromatic heterocycles. The van der Waals surface area contributed by atoms with Crippen molar-refractivity contribution < 1.29 is 5.11 Å². The third kappa shape index (κ3) is 3.11. The van der Waals surface area contributed by atoms with Crippen LogP contribution >= 0.6 is 22.9 Å². The second kappa shape index (κ2) is 6.69. The van der Waals surface area contributed by atoms with Gasteiger partial charge in [-0.3, -0.25) is 4.99 Å². The highest BCUT2D eigenvalue weighted by molar-refractivity contribution is 7.16. The van der Waals surface area contributed by atoms with Crippen LogP contribution in [0.5, 0.6) is 0 Å². The van der Waals surface area contributed by atoms with E-state index in [0.29, 0.717) is 10.9 Å². The van der Waals surface area contributed by atoms with E-state index >= 15 is 0 Å². The molecule has 2 N–H and O–H groups in total. The molecule has 1 aliphatic heterocycles. The number of hydrogen-bond donors (Lipinski definition) is 2. The Morgan fingerprint density at radius 3 is 2.95 bits per heavy atom. The number of aliphatic hydroxyl groups is 1. The Labute approximate surface area is 139 Å². The molecular formula is C16H18ClN3OS. The van der Waals surface area contributed by atoms with Gasteiger partial charge in [0, 0.05) is 30.7 Å². The highest BCUT2D eigenvalue weighted by atomic mass is 35.5. The molecule has 0 spiro atoms. The van der Waals surface area contributed by atoms with Crippen LogP contribution in [0.4, 0.5) is 5.69 Å². The van der Waals surface area contributed by atoms with E-state index in [0.717, 1.165) is 23.8 Å². The minimum absolute atomic E-state index is 0.405. The summed E-state index contributed by atoms with van der Waals surface area (Å²) < 4.78 is 0.687. The summed E-state index contributed by atoms with van der Waals surface area (Å²) in [4.78, 5) is 7.35. The lowest BCUT2D eigenvalue weighted by Gasteiger charge is -2.23. The Hall–Kier alpha value is -1.56. The molecule has 116 valence electrons. The predicted molar refractivity (Wildman–Crippen MR) is 93.1 cm³/mol. The number of guanidine groups is 1. The monoisotopic (exact) mass is 335 g/mol. The summed E-state index contributed by atoms with van der Waals surface area (Å²) in [7, 11) is 1.76. The van der Waals surface area contributed by atoms with Gasteiger partial charge in [-0.2, -0.15) is 0 Å². The molecule has 0 bridgehead atoms. The molecule has 0 amide bonds. The minimum atomic E-state index is -0.591. The van der Waals surface area contributed by atoms with Gasteiger partial charge >= 0.3 is 0 Å². The van der Waals surface area contributed by atoms with Crippen molar-refractivity contribution in [2.45, 2.75) is 12.5 Å². The van der Waals surface area contributed by atoms with Gasteiger partial charge in [0.25, 0.3) is 0 Å². The molecule has 0 radical (unpaired) electrons. The lowest BCUT2D eigenvalue weighted by molar-refractivity contribution is 0.185. The molecule has 1 aliphatic rings. The Balaban J connectivity index is 1.66. The summed E-state index contributed by atoms with van der Waals surface area (Å²) in [5, 5.41) is 13.5. The van der Waals surface area contributed by atoms with Crippen molar-refractivity contribution in [1.82, 2.24) is 5.32 Å². The van der Waals surface area contributed by atoms with Gasteiger partial charge in [0.1, 0.15) is 6.10 Å². The molecule has 1 aromatic carbocycles. The van der Waals surface area contributed by atoms with Crippen molar-refractivity contribution >= 4 is 34.6 Å². The number of aliphatic imine (C=N–C) groups is 1. The maximum absolute atomic E-state index is 10.2. The average molecular weight is 336 g/mol. The smallest absolute Gasteiger partial charge is 0.198 e. The third-order valence-electron chi connectivity index (χ3n) is 3.73. The van der Waals surface area contributed by atoms with Crippen LogP contribution in [0.2, 0.25) is 4.34 Å². The summed E-state index contributed by atoms with van der Waals surface area (Å²) in [6.45, 7) is 1.31. The molecule has 6 heteroatoms. The van der Waals surface area contributed by atoms with Crippen LogP contribution in [0.25, 0.3) is 0 Å². The van der Waals surface area contributed by atoms with E-state index in [9.17, 15) is 5.11 Å². The third-order valence-corrected chi connectivity index (χ3v) is 5.06. The van der Waals surface area contributed by atoms with Crippen molar-refractivity contribution in [1.29, 1.82) is 0 Å². The van der Waals surface area contributed by atoms with Gasteiger partial charge in [-0.1, -0.05) is 29.8 Å². The van der Waals surface area contributed by atoms with Crippen molar-refractivity contribution in [2.24, 2.45) is 4.99 Å². The van der Waals surface area contributed by atoms with E-state index in [1.54, 1.807) is 13.1 Å². The zero-order chi connectivity index (χ0) is 15.5. The molecule has 1 unspecified atom stereocenters. The number of nitrogens with one attached hydrogen (secondary N) is 1. The maximum Gasteiger partial charge on any atom is 0.198 e. The van der Waals surface area contributed by atoms with Crippen molar-refractivity contribution in [2.75, 3.05) is 25.0 Å².